The van der Waals surface area contributed by atoms with E-state index in [1.165, 1.54) is 12.1 Å². The first-order chi connectivity index (χ1) is 12.1. The summed E-state index contributed by atoms with van der Waals surface area (Å²) < 4.78 is 15.4. The van der Waals surface area contributed by atoms with Gasteiger partial charge in [0.05, 0.1) is 6.54 Å². The number of hydrogen-bond donors (Lipinski definition) is 1. The minimum Gasteiger partial charge on any atom is -0.333 e. The van der Waals surface area contributed by atoms with Gasteiger partial charge in [0.25, 0.3) is 0 Å². The molecule has 1 N–H and O–H groups in total. The molecule has 6 heteroatoms. The van der Waals surface area contributed by atoms with Gasteiger partial charge in [-0.1, -0.05) is 26.0 Å². The van der Waals surface area contributed by atoms with Gasteiger partial charge in [0.1, 0.15) is 11.6 Å². The molecule has 1 heterocycles. The zero-order chi connectivity index (χ0) is 19.3. The molecule has 0 spiro atoms. The minimum atomic E-state index is -0.302. The quantitative estimate of drug-likeness (QED) is 0.845. The summed E-state index contributed by atoms with van der Waals surface area (Å²) in [6.07, 6.45) is 3.57. The molecule has 2 amide bonds. The summed E-state index contributed by atoms with van der Waals surface area (Å²) in [5.74, 6) is 0.862. The lowest BCUT2D eigenvalue weighted by atomic mass is 10.1. The molecule has 0 unspecified atom stereocenters. The Bertz CT molecular complexity index is 733. The summed E-state index contributed by atoms with van der Waals surface area (Å²) in [5.41, 5.74) is 0.558. The molecule has 0 radical (unpaired) electrons. The van der Waals surface area contributed by atoms with Gasteiger partial charge in [0.15, 0.2) is 0 Å². The molecule has 1 aromatic heterocycles. The van der Waals surface area contributed by atoms with Crippen molar-refractivity contribution in [2.45, 2.75) is 53.2 Å². The maximum absolute atomic E-state index is 13.4. The van der Waals surface area contributed by atoms with E-state index in [9.17, 15) is 9.18 Å². The molecule has 0 saturated carbocycles. The van der Waals surface area contributed by atoms with Gasteiger partial charge in [0, 0.05) is 31.0 Å². The van der Waals surface area contributed by atoms with Crippen LogP contribution in [0.25, 0.3) is 0 Å². The third-order valence-corrected chi connectivity index (χ3v) is 3.73. The highest BCUT2D eigenvalue weighted by Crippen LogP contribution is 2.12. The predicted octanol–water partition coefficient (Wildman–Crippen LogP) is 4.04. The Kier molecular flexibility index (Phi) is 6.40. The Labute approximate surface area is 155 Å². The second-order valence-corrected chi connectivity index (χ2v) is 8.06. The lowest BCUT2D eigenvalue weighted by Gasteiger charge is -2.29. The highest BCUT2D eigenvalue weighted by molar-refractivity contribution is 5.74. The van der Waals surface area contributed by atoms with E-state index in [1.807, 2.05) is 37.6 Å². The molecule has 0 saturated heterocycles. The molecule has 0 fully saturated rings. The third kappa shape index (κ3) is 6.17. The number of benzene rings is 1. The average Bonchev–Trinajstić information content (AvgIpc) is 2.91. The highest BCUT2D eigenvalue weighted by atomic mass is 19.1. The van der Waals surface area contributed by atoms with Crippen LogP contribution in [-0.2, 0) is 13.1 Å². The molecular formula is C20H29FN4O. The molecule has 1 aromatic carbocycles. The van der Waals surface area contributed by atoms with E-state index < -0.39 is 0 Å². The van der Waals surface area contributed by atoms with Crippen LogP contribution in [-0.4, -0.2) is 32.6 Å². The number of rotatable bonds is 6. The molecule has 2 aromatic rings. The van der Waals surface area contributed by atoms with Gasteiger partial charge in [-0.15, -0.1) is 0 Å². The number of amides is 2. The number of aromatic nitrogens is 2. The summed E-state index contributed by atoms with van der Waals surface area (Å²) in [5, 5.41) is 3.01. The van der Waals surface area contributed by atoms with Crippen molar-refractivity contribution >= 4 is 6.03 Å². The van der Waals surface area contributed by atoms with E-state index in [2.05, 4.69) is 24.1 Å². The monoisotopic (exact) mass is 360 g/mol. The summed E-state index contributed by atoms with van der Waals surface area (Å²) in [7, 11) is 0. The molecular weight excluding hydrogens is 331 g/mol. The summed E-state index contributed by atoms with van der Waals surface area (Å²) >= 11 is 0. The smallest absolute Gasteiger partial charge is 0.318 e. The molecule has 0 atom stereocenters. The number of nitrogens with one attached hydrogen (secondary N) is 1. The Morgan fingerprint density at radius 2 is 2.08 bits per heavy atom. The molecule has 142 valence electrons. The van der Waals surface area contributed by atoms with Gasteiger partial charge in [-0.2, -0.15) is 0 Å². The molecule has 0 aliphatic heterocycles. The van der Waals surface area contributed by atoms with Crippen molar-refractivity contribution in [2.75, 3.05) is 6.54 Å². The zero-order valence-electron chi connectivity index (χ0n) is 16.3. The van der Waals surface area contributed by atoms with Crippen LogP contribution >= 0.6 is 0 Å². The van der Waals surface area contributed by atoms with Crippen molar-refractivity contribution in [1.29, 1.82) is 0 Å². The number of urea groups is 1. The topological polar surface area (TPSA) is 50.2 Å². The largest absolute Gasteiger partial charge is 0.333 e. The fourth-order valence-electron chi connectivity index (χ4n) is 2.70. The van der Waals surface area contributed by atoms with Crippen LogP contribution in [0.2, 0.25) is 0 Å². The minimum absolute atomic E-state index is 0.105. The SMILES string of the molecule is CC(C)CN(Cc1nccn1Cc1cccc(F)c1)C(=O)NC(C)(C)C. The summed E-state index contributed by atoms with van der Waals surface area (Å²) in [6.45, 7) is 11.6. The lowest BCUT2D eigenvalue weighted by molar-refractivity contribution is 0.177. The van der Waals surface area contributed by atoms with Crippen LogP contribution in [0.1, 0.15) is 46.0 Å². The fourth-order valence-corrected chi connectivity index (χ4v) is 2.70. The van der Waals surface area contributed by atoms with Gasteiger partial charge >= 0.3 is 6.03 Å². The van der Waals surface area contributed by atoms with E-state index in [-0.39, 0.29) is 17.4 Å². The van der Waals surface area contributed by atoms with Gasteiger partial charge in [-0.3, -0.25) is 0 Å². The lowest BCUT2D eigenvalue weighted by Crippen LogP contribution is -2.49. The molecule has 2 rings (SSSR count). The Hall–Kier alpha value is -2.37. The molecule has 0 bridgehead atoms. The first-order valence-corrected chi connectivity index (χ1v) is 8.95. The Morgan fingerprint density at radius 1 is 1.35 bits per heavy atom. The predicted molar refractivity (Wildman–Crippen MR) is 101 cm³/mol. The normalized spacial score (nSPS) is 11.7. The Morgan fingerprint density at radius 3 is 2.69 bits per heavy atom. The van der Waals surface area contributed by atoms with Crippen molar-refractivity contribution in [3.05, 3.63) is 53.9 Å². The summed E-state index contributed by atoms with van der Waals surface area (Å²) in [6, 6.07) is 6.42. The van der Waals surface area contributed by atoms with Crippen molar-refractivity contribution in [3.63, 3.8) is 0 Å². The van der Waals surface area contributed by atoms with Gasteiger partial charge in [0.2, 0.25) is 0 Å². The van der Waals surface area contributed by atoms with Crippen LogP contribution in [0.15, 0.2) is 36.7 Å². The zero-order valence-corrected chi connectivity index (χ0v) is 16.3. The summed E-state index contributed by atoms with van der Waals surface area (Å²) in [4.78, 5) is 18.8. The van der Waals surface area contributed by atoms with Crippen molar-refractivity contribution < 1.29 is 9.18 Å². The molecule has 26 heavy (non-hydrogen) atoms. The van der Waals surface area contributed by atoms with E-state index in [0.717, 1.165) is 11.4 Å². The van der Waals surface area contributed by atoms with Crippen molar-refractivity contribution in [1.82, 2.24) is 19.8 Å². The van der Waals surface area contributed by atoms with Crippen LogP contribution < -0.4 is 5.32 Å². The number of carbonyl (C=O) groups excluding carboxylic acids is 1. The number of carbonyl (C=O) groups is 1. The number of imidazole rings is 1. The first kappa shape index (κ1) is 19.9. The number of halogens is 1. The molecule has 0 aliphatic carbocycles. The highest BCUT2D eigenvalue weighted by Gasteiger charge is 2.22. The average molecular weight is 360 g/mol. The van der Waals surface area contributed by atoms with Gasteiger partial charge in [-0.25, -0.2) is 14.2 Å². The van der Waals surface area contributed by atoms with E-state index in [0.29, 0.717) is 25.6 Å². The Balaban J connectivity index is 2.15. The second kappa shape index (κ2) is 8.34. The maximum Gasteiger partial charge on any atom is 0.318 e. The maximum atomic E-state index is 13.4. The van der Waals surface area contributed by atoms with Crippen LogP contribution in [0.5, 0.6) is 0 Å². The van der Waals surface area contributed by atoms with Crippen LogP contribution in [0.3, 0.4) is 0 Å². The van der Waals surface area contributed by atoms with Gasteiger partial charge in [-0.05, 0) is 44.4 Å². The second-order valence-electron chi connectivity index (χ2n) is 8.06. The number of nitrogens with zero attached hydrogens (tertiary/aromatic N) is 3. The third-order valence-electron chi connectivity index (χ3n) is 3.73. The van der Waals surface area contributed by atoms with E-state index in [4.69, 9.17) is 0 Å². The van der Waals surface area contributed by atoms with Crippen LogP contribution in [0.4, 0.5) is 9.18 Å². The van der Waals surface area contributed by atoms with Crippen LogP contribution in [0, 0.1) is 11.7 Å². The number of hydrogen-bond acceptors (Lipinski definition) is 2. The first-order valence-electron chi connectivity index (χ1n) is 8.95. The van der Waals surface area contributed by atoms with Gasteiger partial charge < -0.3 is 14.8 Å². The molecule has 0 aliphatic rings. The molecule has 5 nitrogen and oxygen atoms in total. The van der Waals surface area contributed by atoms with Crippen molar-refractivity contribution in [3.8, 4) is 0 Å². The van der Waals surface area contributed by atoms with E-state index >= 15 is 0 Å². The van der Waals surface area contributed by atoms with E-state index in [1.54, 1.807) is 17.2 Å². The van der Waals surface area contributed by atoms with Crippen molar-refractivity contribution in [2.24, 2.45) is 5.92 Å². The standard InChI is InChI=1S/C20H29FN4O/c1-15(2)12-25(19(26)23-20(3,4)5)14-18-22-9-10-24(18)13-16-7-6-8-17(21)11-16/h6-11,15H,12-14H2,1-5H3,(H,23,26). The fraction of sp³-hybridized carbons (Fsp3) is 0.500.